The maximum atomic E-state index is 10.8. The molecule has 0 amide bonds. The van der Waals surface area contributed by atoms with Gasteiger partial charge < -0.3 is 4.90 Å². The van der Waals surface area contributed by atoms with E-state index in [9.17, 15) is 4.79 Å². The molecule has 2 saturated heterocycles. The maximum Gasteiger partial charge on any atom is 0.226 e. The Morgan fingerprint density at radius 3 is 2.45 bits per heavy atom. The molecule has 64 valence electrons. The summed E-state index contributed by atoms with van der Waals surface area (Å²) >= 11 is 5.41. The molecule has 2 nitrogen and oxygen atoms in total. The van der Waals surface area contributed by atoms with Crippen LogP contribution in [0.25, 0.3) is 0 Å². The molecule has 3 unspecified atom stereocenters. The van der Waals surface area contributed by atoms with Gasteiger partial charge in [0.1, 0.15) is 0 Å². The molecule has 0 saturated carbocycles. The summed E-state index contributed by atoms with van der Waals surface area (Å²) in [4.78, 5) is 13.1. The number of hydrogen-bond acceptors (Lipinski definition) is 2. The van der Waals surface area contributed by atoms with Crippen molar-refractivity contribution in [2.75, 3.05) is 19.6 Å². The highest BCUT2D eigenvalue weighted by Gasteiger charge is 2.40. The van der Waals surface area contributed by atoms with Crippen LogP contribution in [0.2, 0.25) is 0 Å². The molecule has 0 aliphatic carbocycles. The SMILES string of the molecule is Cl.O=C(Cl)C1CN2CCC1C2. The smallest absolute Gasteiger partial charge is 0.226 e. The van der Waals surface area contributed by atoms with Gasteiger partial charge in [-0.3, -0.25) is 4.79 Å². The third-order valence-electron chi connectivity index (χ3n) is 2.62. The van der Waals surface area contributed by atoms with Gasteiger partial charge in [0.2, 0.25) is 5.24 Å². The van der Waals surface area contributed by atoms with Crippen LogP contribution in [0.15, 0.2) is 0 Å². The molecule has 11 heavy (non-hydrogen) atoms. The number of halogens is 2. The number of fused-ring (bicyclic) bond motifs is 2. The largest absolute Gasteiger partial charge is 0.302 e. The third-order valence-corrected chi connectivity index (χ3v) is 2.90. The molecular weight excluding hydrogens is 185 g/mol. The standard InChI is InChI=1S/C7H10ClNO.ClH/c8-7(10)6-4-9-2-1-5(6)3-9;/h5-6H,1-4H2;1H. The predicted octanol–water partition coefficient (Wildman–Crippen LogP) is 1.13. The van der Waals surface area contributed by atoms with E-state index >= 15 is 0 Å². The lowest BCUT2D eigenvalue weighted by atomic mass is 9.94. The first-order chi connectivity index (χ1) is 4.77. The van der Waals surface area contributed by atoms with Gasteiger partial charge in [0.15, 0.2) is 0 Å². The zero-order valence-corrected chi connectivity index (χ0v) is 7.70. The molecule has 0 aromatic heterocycles. The average Bonchev–Trinajstić information content (AvgIpc) is 2.44. The highest BCUT2D eigenvalue weighted by atomic mass is 35.5. The van der Waals surface area contributed by atoms with Crippen molar-refractivity contribution in [2.24, 2.45) is 11.8 Å². The lowest BCUT2D eigenvalue weighted by Gasteiger charge is -2.17. The number of carbonyl (C=O) groups excluding carboxylic acids is 1. The Morgan fingerprint density at radius 1 is 1.45 bits per heavy atom. The number of nitrogens with zero attached hydrogens (tertiary/aromatic N) is 1. The van der Waals surface area contributed by atoms with Gasteiger partial charge in [-0.05, 0) is 30.5 Å². The van der Waals surface area contributed by atoms with Crippen LogP contribution in [0.5, 0.6) is 0 Å². The summed E-state index contributed by atoms with van der Waals surface area (Å²) in [5, 5.41) is -0.132. The van der Waals surface area contributed by atoms with Crippen molar-refractivity contribution in [3.8, 4) is 0 Å². The zero-order chi connectivity index (χ0) is 7.14. The fourth-order valence-electron chi connectivity index (χ4n) is 2.04. The molecule has 2 heterocycles. The van der Waals surface area contributed by atoms with Crippen molar-refractivity contribution >= 4 is 29.3 Å². The molecule has 0 radical (unpaired) electrons. The molecule has 4 heteroatoms. The van der Waals surface area contributed by atoms with Gasteiger partial charge in [-0.1, -0.05) is 0 Å². The van der Waals surface area contributed by atoms with Gasteiger partial charge in [-0.25, -0.2) is 0 Å². The minimum absolute atomic E-state index is 0. The second-order valence-electron chi connectivity index (χ2n) is 3.22. The summed E-state index contributed by atoms with van der Waals surface area (Å²) in [5.41, 5.74) is 0. The summed E-state index contributed by atoms with van der Waals surface area (Å²) in [6.07, 6.45) is 1.17. The van der Waals surface area contributed by atoms with E-state index in [2.05, 4.69) is 4.90 Å². The van der Waals surface area contributed by atoms with Crippen molar-refractivity contribution in [2.45, 2.75) is 6.42 Å². The van der Waals surface area contributed by atoms with E-state index in [1.807, 2.05) is 0 Å². The number of hydrogen-bond donors (Lipinski definition) is 0. The highest BCUT2D eigenvalue weighted by molar-refractivity contribution is 6.64. The van der Waals surface area contributed by atoms with E-state index < -0.39 is 0 Å². The van der Waals surface area contributed by atoms with Crippen LogP contribution in [0.1, 0.15) is 6.42 Å². The number of piperidine rings is 1. The summed E-state index contributed by atoms with van der Waals surface area (Å²) in [6, 6.07) is 0. The summed E-state index contributed by atoms with van der Waals surface area (Å²) in [5.74, 6) is 0.723. The normalized spacial score (nSPS) is 40.3. The van der Waals surface area contributed by atoms with Crippen LogP contribution in [-0.2, 0) is 4.79 Å². The van der Waals surface area contributed by atoms with Crippen LogP contribution in [0, 0.1) is 11.8 Å². The first kappa shape index (κ1) is 9.30. The molecule has 3 atom stereocenters. The maximum absolute atomic E-state index is 10.8. The van der Waals surface area contributed by atoms with Crippen LogP contribution in [0.3, 0.4) is 0 Å². The van der Waals surface area contributed by atoms with E-state index in [1.54, 1.807) is 0 Å². The van der Waals surface area contributed by atoms with Gasteiger partial charge in [0.05, 0.1) is 0 Å². The minimum Gasteiger partial charge on any atom is -0.302 e. The highest BCUT2D eigenvalue weighted by Crippen LogP contribution is 2.33. The lowest BCUT2D eigenvalue weighted by Crippen LogP contribution is -2.26. The third kappa shape index (κ3) is 1.53. The van der Waals surface area contributed by atoms with Gasteiger partial charge in [0.25, 0.3) is 0 Å². The molecule has 2 fully saturated rings. The lowest BCUT2D eigenvalue weighted by molar-refractivity contribution is -0.116. The topological polar surface area (TPSA) is 20.3 Å². The second kappa shape index (κ2) is 3.30. The van der Waals surface area contributed by atoms with Crippen LogP contribution in [0.4, 0.5) is 0 Å². The summed E-state index contributed by atoms with van der Waals surface area (Å²) in [7, 11) is 0. The van der Waals surface area contributed by atoms with Crippen molar-refractivity contribution < 1.29 is 4.79 Å². The molecule has 0 aromatic rings. The van der Waals surface area contributed by atoms with Gasteiger partial charge in [0, 0.05) is 19.0 Å². The van der Waals surface area contributed by atoms with E-state index in [1.165, 1.54) is 13.0 Å². The van der Waals surface area contributed by atoms with E-state index in [-0.39, 0.29) is 23.6 Å². The van der Waals surface area contributed by atoms with Crippen LogP contribution >= 0.6 is 24.0 Å². The average molecular weight is 196 g/mol. The second-order valence-corrected chi connectivity index (χ2v) is 3.59. The first-order valence-electron chi connectivity index (χ1n) is 3.69. The Bertz CT molecular complexity index is 174. The zero-order valence-electron chi connectivity index (χ0n) is 6.12. The van der Waals surface area contributed by atoms with Crippen molar-refractivity contribution in [3.63, 3.8) is 0 Å². The van der Waals surface area contributed by atoms with Crippen molar-refractivity contribution in [1.29, 1.82) is 0 Å². The quantitative estimate of drug-likeness (QED) is 0.586. The Labute approximate surface area is 77.3 Å². The molecule has 2 rings (SSSR count). The summed E-state index contributed by atoms with van der Waals surface area (Å²) in [6.45, 7) is 3.18. The Kier molecular flexibility index (Phi) is 2.79. The van der Waals surface area contributed by atoms with Gasteiger partial charge >= 0.3 is 0 Å². The number of rotatable bonds is 1. The monoisotopic (exact) mass is 195 g/mol. The molecule has 0 aromatic carbocycles. The Hall–Kier alpha value is 0.210. The minimum atomic E-state index is -0.132. The van der Waals surface area contributed by atoms with Gasteiger partial charge in [-0.15, -0.1) is 12.4 Å². The van der Waals surface area contributed by atoms with Crippen LogP contribution in [-0.4, -0.2) is 29.8 Å². The fourth-order valence-corrected chi connectivity index (χ4v) is 2.29. The van der Waals surface area contributed by atoms with Crippen molar-refractivity contribution in [3.05, 3.63) is 0 Å². The summed E-state index contributed by atoms with van der Waals surface area (Å²) < 4.78 is 0. The van der Waals surface area contributed by atoms with E-state index in [4.69, 9.17) is 11.6 Å². The van der Waals surface area contributed by atoms with Gasteiger partial charge in [-0.2, -0.15) is 0 Å². The van der Waals surface area contributed by atoms with E-state index in [0.717, 1.165) is 13.1 Å². The predicted molar refractivity (Wildman–Crippen MR) is 46.1 cm³/mol. The van der Waals surface area contributed by atoms with Crippen LogP contribution < -0.4 is 0 Å². The molecular formula is C7H11Cl2NO. The molecule has 0 spiro atoms. The molecule has 0 N–H and O–H groups in total. The van der Waals surface area contributed by atoms with Crippen molar-refractivity contribution in [1.82, 2.24) is 4.90 Å². The fraction of sp³-hybridized carbons (Fsp3) is 0.857. The van der Waals surface area contributed by atoms with E-state index in [0.29, 0.717) is 5.92 Å². The number of carbonyl (C=O) groups is 1. The first-order valence-corrected chi connectivity index (χ1v) is 4.07. The molecule has 2 bridgehead atoms. The molecule has 2 aliphatic heterocycles. The molecule has 2 aliphatic rings. The Balaban J connectivity index is 0.000000605. The Morgan fingerprint density at radius 2 is 2.18 bits per heavy atom.